The van der Waals surface area contributed by atoms with Crippen molar-refractivity contribution in [3.8, 4) is 0 Å². The van der Waals surface area contributed by atoms with E-state index in [9.17, 15) is 9.18 Å². The summed E-state index contributed by atoms with van der Waals surface area (Å²) in [5.41, 5.74) is 1.13. The van der Waals surface area contributed by atoms with Crippen molar-refractivity contribution in [2.75, 3.05) is 4.90 Å². The van der Waals surface area contributed by atoms with Crippen LogP contribution in [0.4, 0.5) is 15.8 Å². The van der Waals surface area contributed by atoms with Gasteiger partial charge in [-0.15, -0.1) is 0 Å². The molecule has 124 valence electrons. The van der Waals surface area contributed by atoms with Crippen LogP contribution in [0.3, 0.4) is 0 Å². The number of amides is 1. The first kappa shape index (κ1) is 16.5. The Morgan fingerprint density at radius 3 is 2.48 bits per heavy atom. The molecule has 0 fully saturated rings. The molecule has 2 nitrogen and oxygen atoms in total. The van der Waals surface area contributed by atoms with Crippen LogP contribution in [0.1, 0.15) is 10.4 Å². The van der Waals surface area contributed by atoms with Gasteiger partial charge in [-0.2, -0.15) is 0 Å². The van der Waals surface area contributed by atoms with Gasteiger partial charge in [0.05, 0.1) is 22.0 Å². The third-order valence-corrected chi connectivity index (χ3v) is 5.55. The molecule has 1 heterocycles. The van der Waals surface area contributed by atoms with E-state index >= 15 is 0 Å². The predicted octanol–water partition coefficient (Wildman–Crippen LogP) is 6.58. The number of nitrogens with zero attached hydrogens (tertiary/aromatic N) is 1. The second-order valence-corrected chi connectivity index (χ2v) is 7.35. The summed E-state index contributed by atoms with van der Waals surface area (Å²) in [5, 5.41) is 0.570. The fourth-order valence-electron chi connectivity index (χ4n) is 2.76. The molecule has 1 amide bonds. The van der Waals surface area contributed by atoms with Crippen LogP contribution >= 0.6 is 35.0 Å². The van der Waals surface area contributed by atoms with Gasteiger partial charge < -0.3 is 0 Å². The van der Waals surface area contributed by atoms with E-state index in [2.05, 4.69) is 0 Å². The summed E-state index contributed by atoms with van der Waals surface area (Å²) in [6, 6.07) is 17.0. The molecule has 25 heavy (non-hydrogen) atoms. The van der Waals surface area contributed by atoms with Crippen molar-refractivity contribution < 1.29 is 9.18 Å². The molecule has 0 radical (unpaired) electrons. The first-order chi connectivity index (χ1) is 12.1. The third-order valence-electron chi connectivity index (χ3n) is 3.87. The maximum Gasteiger partial charge on any atom is 0.267 e. The molecule has 0 saturated carbocycles. The Kier molecular flexibility index (Phi) is 4.20. The Balaban J connectivity index is 1.95. The van der Waals surface area contributed by atoms with Crippen LogP contribution in [0.5, 0.6) is 0 Å². The highest BCUT2D eigenvalue weighted by atomic mass is 35.5. The minimum atomic E-state index is -0.656. The number of benzene rings is 3. The fourth-order valence-corrected chi connectivity index (χ4v) is 4.21. The van der Waals surface area contributed by atoms with Crippen molar-refractivity contribution in [2.45, 2.75) is 9.79 Å². The summed E-state index contributed by atoms with van der Waals surface area (Å²) >= 11 is 13.8. The van der Waals surface area contributed by atoms with Crippen molar-refractivity contribution in [1.29, 1.82) is 0 Å². The van der Waals surface area contributed by atoms with Gasteiger partial charge in [0.1, 0.15) is 5.82 Å². The van der Waals surface area contributed by atoms with Crippen LogP contribution in [0.2, 0.25) is 10.0 Å². The van der Waals surface area contributed by atoms with Crippen molar-refractivity contribution in [1.82, 2.24) is 0 Å². The van der Waals surface area contributed by atoms with Crippen LogP contribution in [0, 0.1) is 5.82 Å². The molecule has 0 aliphatic carbocycles. The number of hydrogen-bond acceptors (Lipinski definition) is 2. The van der Waals surface area contributed by atoms with Crippen molar-refractivity contribution >= 4 is 52.2 Å². The fraction of sp³-hybridized carbons (Fsp3) is 0. The molecule has 0 N–H and O–H groups in total. The number of rotatable bonds is 1. The van der Waals surface area contributed by atoms with Crippen molar-refractivity contribution in [2.24, 2.45) is 0 Å². The zero-order valence-corrected chi connectivity index (χ0v) is 15.0. The lowest BCUT2D eigenvalue weighted by atomic mass is 10.1. The molecule has 0 atom stereocenters. The third kappa shape index (κ3) is 2.80. The van der Waals surface area contributed by atoms with Crippen LogP contribution in [0.15, 0.2) is 70.5 Å². The number of carbonyl (C=O) groups excluding carboxylic acids is 1. The zero-order chi connectivity index (χ0) is 17.6. The normalized spacial score (nSPS) is 12.5. The van der Waals surface area contributed by atoms with E-state index in [4.69, 9.17) is 23.2 Å². The quantitative estimate of drug-likeness (QED) is 0.468. The largest absolute Gasteiger partial charge is 0.275 e. The van der Waals surface area contributed by atoms with Crippen LogP contribution in [-0.4, -0.2) is 5.91 Å². The average Bonchev–Trinajstić information content (AvgIpc) is 2.59. The number of hydrogen-bond donors (Lipinski definition) is 0. The molecule has 0 aromatic heterocycles. The van der Waals surface area contributed by atoms with Crippen LogP contribution < -0.4 is 4.90 Å². The molecule has 4 rings (SSSR count). The Morgan fingerprint density at radius 2 is 1.68 bits per heavy atom. The Labute approximate surface area is 158 Å². The highest BCUT2D eigenvalue weighted by Crippen LogP contribution is 2.49. The van der Waals surface area contributed by atoms with Gasteiger partial charge in [-0.05, 0) is 42.5 Å². The van der Waals surface area contributed by atoms with E-state index in [1.807, 2.05) is 30.3 Å². The predicted molar refractivity (Wildman–Crippen MR) is 99.9 cm³/mol. The van der Waals surface area contributed by atoms with Gasteiger partial charge in [-0.1, -0.05) is 53.2 Å². The molecule has 3 aromatic rings. The molecular weight excluding hydrogens is 380 g/mol. The highest BCUT2D eigenvalue weighted by Gasteiger charge is 2.31. The maximum absolute atomic E-state index is 14.3. The molecule has 3 aromatic carbocycles. The average molecular weight is 390 g/mol. The van der Waals surface area contributed by atoms with Gasteiger partial charge in [0, 0.05) is 14.8 Å². The van der Waals surface area contributed by atoms with Crippen molar-refractivity contribution in [3.63, 3.8) is 0 Å². The van der Waals surface area contributed by atoms with E-state index in [-0.39, 0.29) is 10.6 Å². The van der Waals surface area contributed by atoms with Gasteiger partial charge >= 0.3 is 0 Å². The first-order valence-corrected chi connectivity index (χ1v) is 8.98. The van der Waals surface area contributed by atoms with E-state index in [1.54, 1.807) is 12.1 Å². The minimum Gasteiger partial charge on any atom is -0.275 e. The summed E-state index contributed by atoms with van der Waals surface area (Å²) in [6.07, 6.45) is 0. The Hall–Kier alpha value is -2.01. The topological polar surface area (TPSA) is 20.3 Å². The van der Waals surface area contributed by atoms with Gasteiger partial charge in [-0.3, -0.25) is 9.69 Å². The Morgan fingerprint density at radius 1 is 0.920 bits per heavy atom. The molecule has 0 bridgehead atoms. The van der Waals surface area contributed by atoms with E-state index in [0.29, 0.717) is 16.4 Å². The summed E-state index contributed by atoms with van der Waals surface area (Å²) in [6.45, 7) is 0. The molecule has 1 aliphatic rings. The van der Waals surface area contributed by atoms with Gasteiger partial charge in [0.2, 0.25) is 0 Å². The minimum absolute atomic E-state index is 0.0734. The maximum atomic E-state index is 14.3. The number of anilines is 2. The standard InChI is InChI=1S/C19H10Cl2FNOS/c20-11-8-9-17-15(10-11)23(14-6-1-2-7-16(14)25-17)19(24)18-12(21)4-3-5-13(18)22/h1-10H. The first-order valence-electron chi connectivity index (χ1n) is 7.41. The van der Waals surface area contributed by atoms with Gasteiger partial charge in [0.25, 0.3) is 5.91 Å². The van der Waals surface area contributed by atoms with Gasteiger partial charge in [-0.25, -0.2) is 4.39 Å². The molecular formula is C19H10Cl2FNOS. The Bertz CT molecular complexity index is 988. The smallest absolute Gasteiger partial charge is 0.267 e. The number of carbonyl (C=O) groups is 1. The molecule has 0 saturated heterocycles. The van der Waals surface area contributed by atoms with Crippen LogP contribution in [-0.2, 0) is 0 Å². The SMILES string of the molecule is O=C(c1c(F)cccc1Cl)N1c2ccccc2Sc2ccc(Cl)cc21. The number of para-hydroxylation sites is 1. The lowest BCUT2D eigenvalue weighted by Gasteiger charge is -2.31. The van der Waals surface area contributed by atoms with E-state index in [1.165, 1.54) is 34.9 Å². The highest BCUT2D eigenvalue weighted by molar-refractivity contribution is 7.99. The van der Waals surface area contributed by atoms with Crippen molar-refractivity contribution in [3.05, 3.63) is 82.1 Å². The molecule has 0 spiro atoms. The summed E-state index contributed by atoms with van der Waals surface area (Å²) in [4.78, 5) is 16.5. The molecule has 6 heteroatoms. The second kappa shape index (κ2) is 6.37. The van der Waals surface area contributed by atoms with Crippen LogP contribution in [0.25, 0.3) is 0 Å². The lowest BCUT2D eigenvalue weighted by Crippen LogP contribution is -2.29. The van der Waals surface area contributed by atoms with Gasteiger partial charge in [0.15, 0.2) is 0 Å². The summed E-state index contributed by atoms with van der Waals surface area (Å²) in [5.74, 6) is -1.18. The molecule has 0 unspecified atom stereocenters. The summed E-state index contributed by atoms with van der Waals surface area (Å²) in [7, 11) is 0. The van der Waals surface area contributed by atoms with E-state index < -0.39 is 11.7 Å². The lowest BCUT2D eigenvalue weighted by molar-refractivity contribution is 0.0994. The second-order valence-electron chi connectivity index (χ2n) is 5.42. The monoisotopic (exact) mass is 389 g/mol. The number of fused-ring (bicyclic) bond motifs is 2. The zero-order valence-electron chi connectivity index (χ0n) is 12.7. The van der Waals surface area contributed by atoms with E-state index in [0.717, 1.165) is 9.79 Å². The molecule has 1 aliphatic heterocycles. The number of halogens is 3. The summed E-state index contributed by atoms with van der Waals surface area (Å²) < 4.78 is 14.3.